The SMILES string of the molecule is COc1ccc(/C=N\NC(=O)CSc2nnc(-c3ccc(Cl)cc3)n2C2CCCCC2)cc1. The lowest BCUT2D eigenvalue weighted by Gasteiger charge is -2.25. The predicted molar refractivity (Wildman–Crippen MR) is 132 cm³/mol. The number of thioether (sulfide) groups is 1. The second-order valence-corrected chi connectivity index (χ2v) is 9.21. The summed E-state index contributed by atoms with van der Waals surface area (Å²) in [5.74, 6) is 1.59. The van der Waals surface area contributed by atoms with Crippen molar-refractivity contribution in [2.45, 2.75) is 43.3 Å². The molecule has 1 aliphatic carbocycles. The van der Waals surface area contributed by atoms with Gasteiger partial charge in [0, 0.05) is 16.6 Å². The minimum Gasteiger partial charge on any atom is -0.497 e. The van der Waals surface area contributed by atoms with Crippen LogP contribution in [0.4, 0.5) is 0 Å². The average molecular weight is 484 g/mol. The number of hydrazone groups is 1. The standard InChI is InChI=1S/C24H26ClN5O2S/c1-32-21-13-7-17(8-14-21)15-26-27-22(31)16-33-24-29-28-23(18-9-11-19(25)12-10-18)30(24)20-5-3-2-4-6-20/h7-15,20H,2-6,16H2,1H3,(H,27,31)/b26-15-. The van der Waals surface area contributed by atoms with Crippen molar-refractivity contribution in [3.05, 3.63) is 59.1 Å². The highest BCUT2D eigenvalue weighted by atomic mass is 35.5. The summed E-state index contributed by atoms with van der Waals surface area (Å²) in [5.41, 5.74) is 4.42. The fraction of sp³-hybridized carbons (Fsp3) is 0.333. The summed E-state index contributed by atoms with van der Waals surface area (Å²) in [4.78, 5) is 12.4. The number of methoxy groups -OCH3 is 1. The van der Waals surface area contributed by atoms with E-state index in [0.717, 1.165) is 40.7 Å². The highest BCUT2D eigenvalue weighted by molar-refractivity contribution is 7.99. The Kier molecular flexibility index (Phi) is 8.01. The molecule has 1 aromatic heterocycles. The second-order valence-electron chi connectivity index (χ2n) is 7.83. The van der Waals surface area contributed by atoms with E-state index in [2.05, 4.69) is 25.3 Å². The number of nitrogens with zero attached hydrogens (tertiary/aromatic N) is 4. The molecule has 1 fully saturated rings. The molecule has 7 nitrogen and oxygen atoms in total. The van der Waals surface area contributed by atoms with Crippen LogP contribution < -0.4 is 10.2 Å². The van der Waals surface area contributed by atoms with Crippen LogP contribution >= 0.6 is 23.4 Å². The van der Waals surface area contributed by atoms with Gasteiger partial charge in [0.05, 0.1) is 19.1 Å². The molecule has 4 rings (SSSR count). The number of nitrogens with one attached hydrogen (secondary N) is 1. The van der Waals surface area contributed by atoms with Gasteiger partial charge in [0.25, 0.3) is 5.91 Å². The van der Waals surface area contributed by atoms with Gasteiger partial charge in [-0.25, -0.2) is 5.43 Å². The lowest BCUT2D eigenvalue weighted by Crippen LogP contribution is -2.20. The van der Waals surface area contributed by atoms with Crippen molar-refractivity contribution in [2.75, 3.05) is 12.9 Å². The number of hydrogen-bond donors (Lipinski definition) is 1. The minimum atomic E-state index is -0.198. The van der Waals surface area contributed by atoms with Gasteiger partial charge in [-0.3, -0.25) is 9.36 Å². The zero-order chi connectivity index (χ0) is 23.0. The minimum absolute atomic E-state index is 0.198. The normalized spacial score (nSPS) is 14.5. The lowest BCUT2D eigenvalue weighted by atomic mass is 9.95. The first-order chi connectivity index (χ1) is 16.1. The van der Waals surface area contributed by atoms with Gasteiger partial charge in [-0.05, 0) is 66.9 Å². The molecular weight excluding hydrogens is 458 g/mol. The van der Waals surface area contributed by atoms with Crippen molar-refractivity contribution < 1.29 is 9.53 Å². The van der Waals surface area contributed by atoms with Gasteiger partial charge in [0.1, 0.15) is 5.75 Å². The predicted octanol–water partition coefficient (Wildman–Crippen LogP) is 5.35. The summed E-state index contributed by atoms with van der Waals surface area (Å²) in [6.45, 7) is 0. The van der Waals surface area contributed by atoms with Gasteiger partial charge in [0.15, 0.2) is 11.0 Å². The molecule has 1 aliphatic rings. The summed E-state index contributed by atoms with van der Waals surface area (Å²) in [5, 5.41) is 14.4. The lowest BCUT2D eigenvalue weighted by molar-refractivity contribution is -0.118. The fourth-order valence-corrected chi connectivity index (χ4v) is 4.79. The third kappa shape index (κ3) is 6.15. The summed E-state index contributed by atoms with van der Waals surface area (Å²) in [7, 11) is 1.62. The van der Waals surface area contributed by atoms with Gasteiger partial charge in [0.2, 0.25) is 0 Å². The maximum Gasteiger partial charge on any atom is 0.250 e. The van der Waals surface area contributed by atoms with Crippen LogP contribution in [0.3, 0.4) is 0 Å². The number of carbonyl (C=O) groups excluding carboxylic acids is 1. The summed E-state index contributed by atoms with van der Waals surface area (Å²) in [6.07, 6.45) is 7.41. The van der Waals surface area contributed by atoms with Crippen LogP contribution in [-0.4, -0.2) is 39.7 Å². The van der Waals surface area contributed by atoms with Crippen LogP contribution in [0.25, 0.3) is 11.4 Å². The van der Waals surface area contributed by atoms with Gasteiger partial charge in [-0.2, -0.15) is 5.10 Å². The topological polar surface area (TPSA) is 81.4 Å². The van der Waals surface area contributed by atoms with Gasteiger partial charge in [-0.15, -0.1) is 10.2 Å². The van der Waals surface area contributed by atoms with E-state index >= 15 is 0 Å². The highest BCUT2D eigenvalue weighted by Crippen LogP contribution is 2.35. The monoisotopic (exact) mass is 483 g/mol. The van der Waals surface area contributed by atoms with Crippen LogP contribution in [0.15, 0.2) is 58.8 Å². The van der Waals surface area contributed by atoms with E-state index in [1.165, 1.54) is 31.0 Å². The first-order valence-electron chi connectivity index (χ1n) is 10.9. The number of carbonyl (C=O) groups is 1. The second kappa shape index (κ2) is 11.3. The molecule has 33 heavy (non-hydrogen) atoms. The number of amides is 1. The Morgan fingerprint density at radius 2 is 1.88 bits per heavy atom. The van der Waals surface area contributed by atoms with Gasteiger partial charge < -0.3 is 4.74 Å². The number of ether oxygens (including phenoxy) is 1. The van der Waals surface area contributed by atoms with E-state index in [0.29, 0.717) is 11.1 Å². The molecule has 0 unspecified atom stereocenters. The van der Waals surface area contributed by atoms with E-state index in [1.807, 2.05) is 48.5 Å². The number of hydrogen-bond acceptors (Lipinski definition) is 6. The van der Waals surface area contributed by atoms with Crippen molar-refractivity contribution in [2.24, 2.45) is 5.10 Å². The highest BCUT2D eigenvalue weighted by Gasteiger charge is 2.24. The molecule has 0 saturated heterocycles. The molecule has 0 bridgehead atoms. The molecule has 9 heteroatoms. The Hall–Kier alpha value is -2.84. The smallest absolute Gasteiger partial charge is 0.250 e. The maximum atomic E-state index is 12.4. The Morgan fingerprint density at radius 3 is 2.58 bits per heavy atom. The maximum absolute atomic E-state index is 12.4. The van der Waals surface area contributed by atoms with Crippen molar-refractivity contribution in [1.82, 2.24) is 20.2 Å². The van der Waals surface area contributed by atoms with Crippen LogP contribution in [0, 0.1) is 0 Å². The average Bonchev–Trinajstić information content (AvgIpc) is 3.28. The largest absolute Gasteiger partial charge is 0.497 e. The van der Waals surface area contributed by atoms with Crippen LogP contribution in [0.2, 0.25) is 5.02 Å². The van der Waals surface area contributed by atoms with E-state index in [1.54, 1.807) is 13.3 Å². The van der Waals surface area contributed by atoms with Crippen molar-refractivity contribution in [3.63, 3.8) is 0 Å². The molecule has 3 aromatic rings. The summed E-state index contributed by atoms with van der Waals surface area (Å²) < 4.78 is 7.33. The quantitative estimate of drug-likeness (QED) is 0.265. The molecule has 0 aliphatic heterocycles. The molecule has 0 radical (unpaired) electrons. The molecule has 1 heterocycles. The molecular formula is C24H26ClN5O2S. The van der Waals surface area contributed by atoms with Crippen molar-refractivity contribution >= 4 is 35.5 Å². The van der Waals surface area contributed by atoms with E-state index in [9.17, 15) is 4.79 Å². The van der Waals surface area contributed by atoms with Crippen molar-refractivity contribution in [3.8, 4) is 17.1 Å². The van der Waals surface area contributed by atoms with E-state index in [4.69, 9.17) is 16.3 Å². The van der Waals surface area contributed by atoms with Crippen LogP contribution in [0.1, 0.15) is 43.7 Å². The van der Waals surface area contributed by atoms with Crippen LogP contribution in [0.5, 0.6) is 5.75 Å². The van der Waals surface area contributed by atoms with Gasteiger partial charge in [-0.1, -0.05) is 42.6 Å². The number of benzene rings is 2. The number of halogens is 1. The third-order valence-corrected chi connectivity index (χ3v) is 6.75. The molecule has 1 amide bonds. The number of aromatic nitrogens is 3. The Morgan fingerprint density at radius 1 is 1.15 bits per heavy atom. The zero-order valence-corrected chi connectivity index (χ0v) is 20.0. The van der Waals surface area contributed by atoms with Crippen molar-refractivity contribution in [1.29, 1.82) is 0 Å². The molecule has 2 aromatic carbocycles. The molecule has 1 saturated carbocycles. The summed E-state index contributed by atoms with van der Waals surface area (Å²) in [6, 6.07) is 15.4. The Bertz CT molecular complexity index is 1090. The zero-order valence-electron chi connectivity index (χ0n) is 18.4. The van der Waals surface area contributed by atoms with Gasteiger partial charge >= 0.3 is 0 Å². The van der Waals surface area contributed by atoms with E-state index in [-0.39, 0.29) is 11.7 Å². The first kappa shape index (κ1) is 23.3. The summed E-state index contributed by atoms with van der Waals surface area (Å²) >= 11 is 7.44. The molecule has 1 N–H and O–H groups in total. The Balaban J connectivity index is 1.42. The molecule has 172 valence electrons. The third-order valence-electron chi connectivity index (χ3n) is 5.56. The fourth-order valence-electron chi connectivity index (χ4n) is 3.87. The van der Waals surface area contributed by atoms with E-state index < -0.39 is 0 Å². The van der Waals surface area contributed by atoms with Crippen LogP contribution in [-0.2, 0) is 4.79 Å². The Labute approximate surface area is 202 Å². The number of rotatable bonds is 8. The first-order valence-corrected chi connectivity index (χ1v) is 12.3. The molecule has 0 spiro atoms. The molecule has 0 atom stereocenters.